The van der Waals surface area contributed by atoms with Crippen molar-refractivity contribution in [3.05, 3.63) is 66.1 Å². The number of hydrogen-bond acceptors (Lipinski definition) is 3. The van der Waals surface area contributed by atoms with Gasteiger partial charge in [-0.05, 0) is 36.1 Å². The van der Waals surface area contributed by atoms with Crippen LogP contribution in [-0.2, 0) is 6.54 Å². The number of aromatic nitrogens is 2. The van der Waals surface area contributed by atoms with E-state index in [0.717, 1.165) is 22.2 Å². The molecule has 1 unspecified atom stereocenters. The first-order valence-corrected chi connectivity index (χ1v) is 7.32. The molecule has 2 amide bonds. The van der Waals surface area contributed by atoms with Crippen molar-refractivity contribution in [1.82, 2.24) is 14.6 Å². The monoisotopic (exact) mass is 310 g/mol. The maximum Gasteiger partial charge on any atom is 0.339 e. The minimum Gasteiger partial charge on any atom is -0.350 e. The molecule has 0 aliphatic rings. The molecule has 0 radical (unpaired) electrons. The van der Waals surface area contributed by atoms with E-state index in [4.69, 9.17) is 5.73 Å². The second-order valence-corrected chi connectivity index (χ2v) is 5.43. The van der Waals surface area contributed by atoms with Gasteiger partial charge < -0.3 is 10.3 Å². The number of nitrogens with two attached hydrogens (primary N) is 1. The molecular formula is C17H18N4O2. The second-order valence-electron chi connectivity index (χ2n) is 5.43. The molecule has 3 N–H and O–H groups in total. The third-order valence-electron chi connectivity index (χ3n) is 3.93. The molecular weight excluding hydrogens is 292 g/mol. The summed E-state index contributed by atoms with van der Waals surface area (Å²) in [5.41, 5.74) is 8.05. The fraction of sp³-hybridized carbons (Fsp3) is 0.176. The first-order chi connectivity index (χ1) is 11.1. The molecule has 1 aromatic carbocycles. The minimum absolute atomic E-state index is 0.550. The number of rotatable bonds is 4. The highest BCUT2D eigenvalue weighted by molar-refractivity contribution is 5.82. The Balaban J connectivity index is 2.09. The van der Waals surface area contributed by atoms with Gasteiger partial charge in [-0.1, -0.05) is 24.3 Å². The number of pyridine rings is 1. The lowest BCUT2D eigenvalue weighted by molar-refractivity contribution is -0.0727. The van der Waals surface area contributed by atoms with Gasteiger partial charge in [-0.3, -0.25) is 10.2 Å². The molecule has 0 aliphatic heterocycles. The van der Waals surface area contributed by atoms with Crippen molar-refractivity contribution in [1.29, 1.82) is 0 Å². The van der Waals surface area contributed by atoms with E-state index in [-0.39, 0.29) is 0 Å². The SMILES string of the molecule is CC(c1cc2ccccc2n1Cc1cccnc1)N(O)C(N)=O. The Kier molecular flexibility index (Phi) is 3.99. The Bertz CT molecular complexity index is 829. The first kappa shape index (κ1) is 15.1. The number of carbonyl (C=O) groups is 1. The Morgan fingerprint density at radius 2 is 2.13 bits per heavy atom. The van der Waals surface area contributed by atoms with Crippen molar-refractivity contribution < 1.29 is 10.0 Å². The summed E-state index contributed by atoms with van der Waals surface area (Å²) >= 11 is 0. The first-order valence-electron chi connectivity index (χ1n) is 7.32. The van der Waals surface area contributed by atoms with Crippen molar-refractivity contribution in [2.24, 2.45) is 5.73 Å². The number of amides is 2. The van der Waals surface area contributed by atoms with E-state index in [9.17, 15) is 10.0 Å². The zero-order valence-electron chi connectivity index (χ0n) is 12.8. The number of primary amides is 1. The average molecular weight is 310 g/mol. The van der Waals surface area contributed by atoms with E-state index >= 15 is 0 Å². The third-order valence-corrected chi connectivity index (χ3v) is 3.93. The van der Waals surface area contributed by atoms with Crippen LogP contribution in [0.1, 0.15) is 24.2 Å². The number of carbonyl (C=O) groups excluding carboxylic acids is 1. The van der Waals surface area contributed by atoms with E-state index in [0.29, 0.717) is 11.6 Å². The van der Waals surface area contributed by atoms with Gasteiger partial charge in [-0.15, -0.1) is 0 Å². The molecule has 0 saturated heterocycles. The number of benzene rings is 1. The molecule has 3 rings (SSSR count). The van der Waals surface area contributed by atoms with E-state index in [2.05, 4.69) is 9.55 Å². The fourth-order valence-corrected chi connectivity index (χ4v) is 2.74. The fourth-order valence-electron chi connectivity index (χ4n) is 2.74. The molecule has 118 valence electrons. The van der Waals surface area contributed by atoms with Crippen LogP contribution < -0.4 is 5.73 Å². The summed E-state index contributed by atoms with van der Waals surface area (Å²) in [4.78, 5) is 15.4. The van der Waals surface area contributed by atoms with Gasteiger partial charge in [0.2, 0.25) is 0 Å². The number of urea groups is 1. The molecule has 0 bridgehead atoms. The summed E-state index contributed by atoms with van der Waals surface area (Å²) in [6.07, 6.45) is 3.53. The van der Waals surface area contributed by atoms with Crippen molar-refractivity contribution in [2.45, 2.75) is 19.5 Å². The molecule has 2 aromatic heterocycles. The van der Waals surface area contributed by atoms with Crippen LogP contribution >= 0.6 is 0 Å². The number of hydrogen-bond donors (Lipinski definition) is 2. The van der Waals surface area contributed by atoms with Crippen molar-refractivity contribution in [3.8, 4) is 0 Å². The smallest absolute Gasteiger partial charge is 0.339 e. The highest BCUT2D eigenvalue weighted by atomic mass is 16.5. The van der Waals surface area contributed by atoms with E-state index in [1.165, 1.54) is 0 Å². The number of nitrogens with zero attached hydrogens (tertiary/aromatic N) is 3. The van der Waals surface area contributed by atoms with Gasteiger partial charge in [0.1, 0.15) is 0 Å². The molecule has 6 nitrogen and oxygen atoms in total. The van der Waals surface area contributed by atoms with Crippen LogP contribution in [0.25, 0.3) is 10.9 Å². The van der Waals surface area contributed by atoms with Crippen LogP contribution in [-0.4, -0.2) is 25.9 Å². The largest absolute Gasteiger partial charge is 0.350 e. The van der Waals surface area contributed by atoms with Crippen LogP contribution in [0.2, 0.25) is 0 Å². The standard InChI is InChI=1S/C17H18N4O2/c1-12(21(23)17(18)22)16-9-14-6-2-3-7-15(14)20(16)11-13-5-4-8-19-10-13/h2-10,12,23H,11H2,1H3,(H2,18,22). The Labute approximate surface area is 133 Å². The molecule has 6 heteroatoms. The summed E-state index contributed by atoms with van der Waals surface area (Å²) in [5.74, 6) is 0. The molecule has 0 aliphatic carbocycles. The normalized spacial score (nSPS) is 12.3. The van der Waals surface area contributed by atoms with Gasteiger partial charge in [0.15, 0.2) is 0 Å². The average Bonchev–Trinajstić information content (AvgIpc) is 2.93. The van der Waals surface area contributed by atoms with Gasteiger partial charge in [-0.25, -0.2) is 4.79 Å². The van der Waals surface area contributed by atoms with Crippen LogP contribution in [0.3, 0.4) is 0 Å². The maximum atomic E-state index is 11.3. The highest BCUT2D eigenvalue weighted by Gasteiger charge is 2.22. The van der Waals surface area contributed by atoms with Crippen molar-refractivity contribution >= 4 is 16.9 Å². The molecule has 3 aromatic rings. The quantitative estimate of drug-likeness (QED) is 0.574. The van der Waals surface area contributed by atoms with Crippen LogP contribution in [0, 0.1) is 0 Å². The lowest BCUT2D eigenvalue weighted by Crippen LogP contribution is -2.35. The van der Waals surface area contributed by atoms with Gasteiger partial charge in [-0.2, -0.15) is 5.06 Å². The van der Waals surface area contributed by atoms with Crippen LogP contribution in [0.15, 0.2) is 54.9 Å². The number of fused-ring (bicyclic) bond motifs is 1. The van der Waals surface area contributed by atoms with Crippen LogP contribution in [0.4, 0.5) is 4.79 Å². The van der Waals surface area contributed by atoms with Gasteiger partial charge in [0, 0.05) is 30.1 Å². The summed E-state index contributed by atoms with van der Waals surface area (Å²) in [7, 11) is 0. The third kappa shape index (κ3) is 2.89. The Morgan fingerprint density at radius 1 is 1.35 bits per heavy atom. The predicted molar refractivity (Wildman–Crippen MR) is 86.9 cm³/mol. The van der Waals surface area contributed by atoms with Crippen molar-refractivity contribution in [3.63, 3.8) is 0 Å². The van der Waals surface area contributed by atoms with Crippen molar-refractivity contribution in [2.75, 3.05) is 0 Å². The van der Waals surface area contributed by atoms with E-state index in [1.807, 2.05) is 42.5 Å². The molecule has 2 heterocycles. The summed E-state index contributed by atoms with van der Waals surface area (Å²) in [6.45, 7) is 2.33. The van der Waals surface area contributed by atoms with E-state index < -0.39 is 12.1 Å². The predicted octanol–water partition coefficient (Wildman–Crippen LogP) is 2.92. The molecule has 1 atom stereocenters. The lowest BCUT2D eigenvalue weighted by Gasteiger charge is -2.22. The zero-order chi connectivity index (χ0) is 16.4. The molecule has 0 spiro atoms. The number of para-hydroxylation sites is 1. The highest BCUT2D eigenvalue weighted by Crippen LogP contribution is 2.28. The molecule has 23 heavy (non-hydrogen) atoms. The minimum atomic E-state index is -0.879. The van der Waals surface area contributed by atoms with E-state index in [1.54, 1.807) is 19.3 Å². The molecule has 0 saturated carbocycles. The maximum absolute atomic E-state index is 11.3. The molecule has 0 fully saturated rings. The second kappa shape index (κ2) is 6.10. The topological polar surface area (TPSA) is 84.4 Å². The van der Waals surface area contributed by atoms with Crippen LogP contribution in [0.5, 0.6) is 0 Å². The Morgan fingerprint density at radius 3 is 2.83 bits per heavy atom. The lowest BCUT2D eigenvalue weighted by atomic mass is 10.2. The zero-order valence-corrected chi connectivity index (χ0v) is 12.8. The van der Waals surface area contributed by atoms with Gasteiger partial charge in [0.25, 0.3) is 0 Å². The van der Waals surface area contributed by atoms with Gasteiger partial charge >= 0.3 is 6.03 Å². The summed E-state index contributed by atoms with van der Waals surface area (Å²) < 4.78 is 2.06. The Hall–Kier alpha value is -2.86. The van der Waals surface area contributed by atoms with Gasteiger partial charge in [0.05, 0.1) is 6.04 Å². The number of hydroxylamine groups is 2. The summed E-state index contributed by atoms with van der Waals surface area (Å²) in [5, 5.41) is 11.5. The summed E-state index contributed by atoms with van der Waals surface area (Å²) in [6, 6.07) is 12.3.